The van der Waals surface area contributed by atoms with Crippen LogP contribution in [-0.2, 0) is 6.18 Å². The minimum Gasteiger partial charge on any atom is -0.360 e. The van der Waals surface area contributed by atoms with Crippen LogP contribution in [0.4, 0.5) is 29.5 Å². The van der Waals surface area contributed by atoms with Crippen LogP contribution in [0.2, 0.25) is 5.02 Å². The number of nitrogens with one attached hydrogen (secondary N) is 2. The number of carbonyl (C=O) groups excluding carboxylic acids is 1. The van der Waals surface area contributed by atoms with Crippen molar-refractivity contribution in [3.63, 3.8) is 0 Å². The molecule has 0 aliphatic heterocycles. The smallest absolute Gasteiger partial charge is 0.360 e. The Morgan fingerprint density at radius 1 is 1.29 bits per heavy atom. The maximum atomic E-state index is 12.6. The highest BCUT2D eigenvalue weighted by Gasteiger charge is 2.31. The number of urea groups is 1. The molecule has 0 saturated carbocycles. The van der Waals surface area contributed by atoms with Gasteiger partial charge in [0.05, 0.1) is 16.3 Å². The molecule has 9 heteroatoms. The third-order valence-electron chi connectivity index (χ3n) is 2.41. The molecule has 0 bridgehead atoms. The van der Waals surface area contributed by atoms with E-state index in [4.69, 9.17) is 16.1 Å². The summed E-state index contributed by atoms with van der Waals surface area (Å²) in [5.41, 5.74) is -1.08. The largest absolute Gasteiger partial charge is 0.416 e. The summed E-state index contributed by atoms with van der Waals surface area (Å²) in [4.78, 5) is 11.7. The summed E-state index contributed by atoms with van der Waals surface area (Å²) in [5.74, 6) is 0.607. The zero-order valence-electron chi connectivity index (χ0n) is 10.6. The predicted octanol–water partition coefficient (Wildman–Crippen LogP) is 4.30. The minimum atomic E-state index is -4.53. The van der Waals surface area contributed by atoms with Gasteiger partial charge in [-0.1, -0.05) is 16.8 Å². The number of hydrogen-bond acceptors (Lipinski definition) is 3. The first-order valence-electron chi connectivity index (χ1n) is 5.64. The van der Waals surface area contributed by atoms with Crippen LogP contribution >= 0.6 is 11.6 Å². The Hall–Kier alpha value is -2.22. The molecular weight excluding hydrogens is 311 g/mol. The van der Waals surface area contributed by atoms with Crippen LogP contribution in [0.15, 0.2) is 28.8 Å². The molecule has 1 heterocycles. The molecule has 0 atom stereocenters. The van der Waals surface area contributed by atoms with Crippen LogP contribution in [0.3, 0.4) is 0 Å². The molecule has 0 unspecified atom stereocenters. The maximum Gasteiger partial charge on any atom is 0.416 e. The molecule has 112 valence electrons. The standard InChI is InChI=1S/C12H9ClF3N3O2/c1-6-4-10(19-21-6)18-11(20)17-9-5-7(12(14,15)16)2-3-8(9)13/h2-5H,1H3,(H2,17,18,19,20). The highest BCUT2D eigenvalue weighted by Crippen LogP contribution is 2.33. The van der Waals surface area contributed by atoms with Gasteiger partial charge in [0.2, 0.25) is 0 Å². The van der Waals surface area contributed by atoms with Crippen LogP contribution in [0.1, 0.15) is 11.3 Å². The predicted molar refractivity (Wildman–Crippen MR) is 70.3 cm³/mol. The Bertz CT molecular complexity index is 670. The van der Waals surface area contributed by atoms with Gasteiger partial charge in [-0.3, -0.25) is 5.32 Å². The summed E-state index contributed by atoms with van der Waals surface area (Å²) in [5, 5.41) is 8.02. The number of halogens is 4. The van der Waals surface area contributed by atoms with E-state index in [-0.39, 0.29) is 16.5 Å². The van der Waals surface area contributed by atoms with E-state index in [0.29, 0.717) is 5.76 Å². The van der Waals surface area contributed by atoms with Gasteiger partial charge in [-0.15, -0.1) is 0 Å². The first kappa shape index (κ1) is 15.2. The number of aromatic nitrogens is 1. The third kappa shape index (κ3) is 3.88. The SMILES string of the molecule is Cc1cc(NC(=O)Nc2cc(C(F)(F)F)ccc2Cl)no1. The van der Waals surface area contributed by atoms with E-state index in [1.54, 1.807) is 6.92 Å². The fourth-order valence-corrected chi connectivity index (χ4v) is 1.66. The normalized spacial score (nSPS) is 11.3. The summed E-state index contributed by atoms with van der Waals surface area (Å²) < 4.78 is 42.5. The van der Waals surface area contributed by atoms with Gasteiger partial charge in [-0.2, -0.15) is 13.2 Å². The Morgan fingerprint density at radius 2 is 2.00 bits per heavy atom. The number of anilines is 2. The average molecular weight is 320 g/mol. The summed E-state index contributed by atoms with van der Waals surface area (Å²) in [7, 11) is 0. The van der Waals surface area contributed by atoms with Crippen molar-refractivity contribution in [3.8, 4) is 0 Å². The van der Waals surface area contributed by atoms with Gasteiger partial charge in [-0.25, -0.2) is 4.79 Å². The number of aryl methyl sites for hydroxylation is 1. The highest BCUT2D eigenvalue weighted by molar-refractivity contribution is 6.33. The molecule has 2 amide bonds. The number of carbonyl (C=O) groups is 1. The van der Waals surface area contributed by atoms with E-state index in [1.165, 1.54) is 6.07 Å². The summed E-state index contributed by atoms with van der Waals surface area (Å²) >= 11 is 5.75. The van der Waals surface area contributed by atoms with Crippen molar-refractivity contribution in [2.24, 2.45) is 0 Å². The number of nitrogens with zero attached hydrogens (tertiary/aromatic N) is 1. The lowest BCUT2D eigenvalue weighted by atomic mass is 10.2. The Labute approximate surface area is 122 Å². The van der Waals surface area contributed by atoms with E-state index >= 15 is 0 Å². The molecule has 5 nitrogen and oxygen atoms in total. The lowest BCUT2D eigenvalue weighted by Gasteiger charge is -2.11. The van der Waals surface area contributed by atoms with Crippen molar-refractivity contribution >= 4 is 29.1 Å². The van der Waals surface area contributed by atoms with Crippen molar-refractivity contribution in [2.45, 2.75) is 13.1 Å². The second kappa shape index (κ2) is 5.65. The molecule has 2 N–H and O–H groups in total. The van der Waals surface area contributed by atoms with Gasteiger partial charge in [0, 0.05) is 6.07 Å². The van der Waals surface area contributed by atoms with Crippen LogP contribution in [0, 0.1) is 6.92 Å². The summed E-state index contributed by atoms with van der Waals surface area (Å²) in [6, 6.07) is 3.29. The van der Waals surface area contributed by atoms with E-state index in [9.17, 15) is 18.0 Å². The van der Waals surface area contributed by atoms with Gasteiger partial charge in [0.1, 0.15) is 5.76 Å². The lowest BCUT2D eigenvalue weighted by molar-refractivity contribution is -0.137. The van der Waals surface area contributed by atoms with E-state index in [2.05, 4.69) is 15.8 Å². The fourth-order valence-electron chi connectivity index (χ4n) is 1.49. The van der Waals surface area contributed by atoms with Crippen molar-refractivity contribution in [1.82, 2.24) is 5.16 Å². The second-order valence-electron chi connectivity index (χ2n) is 4.09. The number of hydrogen-bond donors (Lipinski definition) is 2. The van der Waals surface area contributed by atoms with Crippen molar-refractivity contribution in [3.05, 3.63) is 40.6 Å². The lowest BCUT2D eigenvalue weighted by Crippen LogP contribution is -2.20. The molecule has 1 aromatic carbocycles. The van der Waals surface area contributed by atoms with Gasteiger partial charge in [-0.05, 0) is 25.1 Å². The monoisotopic (exact) mass is 319 g/mol. The first-order chi connectivity index (χ1) is 9.75. The molecule has 1 aromatic heterocycles. The van der Waals surface area contributed by atoms with Crippen LogP contribution in [0.25, 0.3) is 0 Å². The van der Waals surface area contributed by atoms with E-state index in [1.807, 2.05) is 0 Å². The molecule has 21 heavy (non-hydrogen) atoms. The second-order valence-corrected chi connectivity index (χ2v) is 4.50. The Kier molecular flexibility index (Phi) is 4.08. The topological polar surface area (TPSA) is 67.2 Å². The maximum absolute atomic E-state index is 12.6. The number of rotatable bonds is 2. The highest BCUT2D eigenvalue weighted by atomic mass is 35.5. The molecule has 0 fully saturated rings. The molecule has 0 radical (unpaired) electrons. The third-order valence-corrected chi connectivity index (χ3v) is 2.74. The molecule has 2 aromatic rings. The zero-order valence-corrected chi connectivity index (χ0v) is 11.3. The van der Waals surface area contributed by atoms with Gasteiger partial charge in [0.25, 0.3) is 0 Å². The molecular formula is C12H9ClF3N3O2. The summed E-state index contributed by atoms with van der Waals surface area (Å²) in [6.45, 7) is 1.62. The minimum absolute atomic E-state index is 0.0190. The van der Waals surface area contributed by atoms with E-state index < -0.39 is 17.8 Å². The quantitative estimate of drug-likeness (QED) is 0.867. The van der Waals surface area contributed by atoms with Crippen LogP contribution < -0.4 is 10.6 Å². The van der Waals surface area contributed by atoms with Gasteiger partial charge >= 0.3 is 12.2 Å². The molecule has 0 saturated heterocycles. The number of alkyl halides is 3. The summed E-state index contributed by atoms with van der Waals surface area (Å²) in [6.07, 6.45) is -4.53. The molecule has 0 aliphatic rings. The van der Waals surface area contributed by atoms with Crippen LogP contribution in [0.5, 0.6) is 0 Å². The first-order valence-corrected chi connectivity index (χ1v) is 6.01. The Morgan fingerprint density at radius 3 is 2.57 bits per heavy atom. The molecule has 0 aliphatic carbocycles. The van der Waals surface area contributed by atoms with Crippen molar-refractivity contribution in [1.29, 1.82) is 0 Å². The number of amides is 2. The van der Waals surface area contributed by atoms with Crippen molar-refractivity contribution in [2.75, 3.05) is 10.6 Å². The van der Waals surface area contributed by atoms with Gasteiger partial charge < -0.3 is 9.84 Å². The van der Waals surface area contributed by atoms with Gasteiger partial charge in [0.15, 0.2) is 5.82 Å². The molecule has 0 spiro atoms. The molecule has 2 rings (SSSR count). The van der Waals surface area contributed by atoms with Crippen LogP contribution in [-0.4, -0.2) is 11.2 Å². The zero-order chi connectivity index (χ0) is 15.6. The average Bonchev–Trinajstić information content (AvgIpc) is 2.76. The Balaban J connectivity index is 2.13. The van der Waals surface area contributed by atoms with Crippen molar-refractivity contribution < 1.29 is 22.5 Å². The number of benzene rings is 1. The fraction of sp³-hybridized carbons (Fsp3) is 0.167. The van der Waals surface area contributed by atoms with E-state index in [0.717, 1.165) is 18.2 Å².